The molecule has 0 saturated heterocycles. The number of aromatic nitrogens is 4. The largest absolute Gasteiger partial charge is 0.486 e. The van der Waals surface area contributed by atoms with Gasteiger partial charge in [-0.15, -0.1) is 0 Å². The highest BCUT2D eigenvalue weighted by Gasteiger charge is 2.14. The Morgan fingerprint density at radius 3 is 2.90 bits per heavy atom. The molecule has 3 heterocycles. The second kappa shape index (κ2) is 4.81. The van der Waals surface area contributed by atoms with Crippen LogP contribution in [0.4, 0.5) is 5.95 Å². The van der Waals surface area contributed by atoms with Crippen LogP contribution in [0.25, 0.3) is 11.0 Å². The van der Waals surface area contributed by atoms with Gasteiger partial charge in [0.05, 0.1) is 11.6 Å². The third-order valence-corrected chi connectivity index (χ3v) is 4.01. The fourth-order valence-electron chi connectivity index (χ4n) is 2.10. The predicted octanol–water partition coefficient (Wildman–Crippen LogP) is 1.86. The molecule has 21 heavy (non-hydrogen) atoms. The molecule has 0 amide bonds. The Morgan fingerprint density at radius 2 is 2.00 bits per heavy atom. The summed E-state index contributed by atoms with van der Waals surface area (Å²) in [6.45, 7) is 1.14. The van der Waals surface area contributed by atoms with Crippen molar-refractivity contribution in [3.8, 4) is 11.5 Å². The lowest BCUT2D eigenvalue weighted by molar-refractivity contribution is 0.171. The second-order valence-electron chi connectivity index (χ2n) is 4.43. The zero-order valence-electron chi connectivity index (χ0n) is 10.9. The van der Waals surface area contributed by atoms with E-state index in [-0.39, 0.29) is 5.95 Å². The molecule has 7 nitrogen and oxygen atoms in total. The number of nitrogens with one attached hydrogen (secondary N) is 1. The van der Waals surface area contributed by atoms with Crippen molar-refractivity contribution >= 4 is 28.7 Å². The van der Waals surface area contributed by atoms with E-state index >= 15 is 0 Å². The molecule has 0 bridgehead atoms. The number of anilines is 1. The number of H-pyrrole nitrogens is 1. The van der Waals surface area contributed by atoms with Crippen LogP contribution < -0.4 is 15.2 Å². The summed E-state index contributed by atoms with van der Waals surface area (Å²) in [7, 11) is 0. The maximum Gasteiger partial charge on any atom is 0.223 e. The van der Waals surface area contributed by atoms with Crippen LogP contribution in [0.5, 0.6) is 11.5 Å². The topological polar surface area (TPSA) is 98.9 Å². The first kappa shape index (κ1) is 12.3. The van der Waals surface area contributed by atoms with E-state index in [4.69, 9.17) is 15.2 Å². The van der Waals surface area contributed by atoms with Gasteiger partial charge in [0.15, 0.2) is 17.1 Å². The summed E-state index contributed by atoms with van der Waals surface area (Å²) in [6, 6.07) is 5.79. The zero-order chi connectivity index (χ0) is 14.2. The average molecular weight is 301 g/mol. The lowest BCUT2D eigenvalue weighted by atomic mass is 10.3. The number of aromatic amines is 1. The van der Waals surface area contributed by atoms with Crippen molar-refractivity contribution in [1.29, 1.82) is 0 Å². The Morgan fingerprint density at radius 1 is 1.14 bits per heavy atom. The van der Waals surface area contributed by atoms with Crippen LogP contribution in [0.15, 0.2) is 34.3 Å². The van der Waals surface area contributed by atoms with E-state index in [1.165, 1.54) is 11.8 Å². The fraction of sp³-hybridized carbons (Fsp3) is 0.154. The molecular weight excluding hydrogens is 290 g/mol. The van der Waals surface area contributed by atoms with E-state index in [1.54, 1.807) is 6.20 Å². The van der Waals surface area contributed by atoms with E-state index in [0.29, 0.717) is 18.9 Å². The summed E-state index contributed by atoms with van der Waals surface area (Å²) < 4.78 is 11.1. The molecule has 3 aromatic rings. The van der Waals surface area contributed by atoms with E-state index < -0.39 is 0 Å². The van der Waals surface area contributed by atoms with Crippen LogP contribution in [0.1, 0.15) is 0 Å². The summed E-state index contributed by atoms with van der Waals surface area (Å²) in [5, 5.41) is 8.36. The number of hydrogen-bond acceptors (Lipinski definition) is 7. The molecule has 8 heteroatoms. The Balaban J connectivity index is 1.72. The highest BCUT2D eigenvalue weighted by molar-refractivity contribution is 7.99. The molecule has 0 unspecified atom stereocenters. The third-order valence-electron chi connectivity index (χ3n) is 3.02. The monoisotopic (exact) mass is 301 g/mol. The first-order valence-electron chi connectivity index (χ1n) is 6.34. The minimum absolute atomic E-state index is 0.215. The van der Waals surface area contributed by atoms with Crippen LogP contribution in [-0.2, 0) is 0 Å². The number of hydrogen-bond donors (Lipinski definition) is 2. The zero-order valence-corrected chi connectivity index (χ0v) is 11.7. The van der Waals surface area contributed by atoms with Crippen molar-refractivity contribution in [2.75, 3.05) is 18.9 Å². The van der Waals surface area contributed by atoms with Gasteiger partial charge in [-0.3, -0.25) is 5.10 Å². The van der Waals surface area contributed by atoms with E-state index in [1.807, 2.05) is 18.2 Å². The van der Waals surface area contributed by atoms with Crippen molar-refractivity contribution in [1.82, 2.24) is 20.2 Å². The van der Waals surface area contributed by atoms with Gasteiger partial charge in [-0.05, 0) is 18.2 Å². The Bertz CT molecular complexity index is 819. The van der Waals surface area contributed by atoms with Crippen molar-refractivity contribution in [3.63, 3.8) is 0 Å². The highest BCUT2D eigenvalue weighted by atomic mass is 32.2. The Labute approximate surface area is 123 Å². The van der Waals surface area contributed by atoms with Gasteiger partial charge in [0, 0.05) is 4.90 Å². The second-order valence-corrected chi connectivity index (χ2v) is 5.49. The van der Waals surface area contributed by atoms with Gasteiger partial charge in [-0.1, -0.05) is 11.8 Å². The molecular formula is C13H11N5O2S. The minimum atomic E-state index is 0.215. The summed E-state index contributed by atoms with van der Waals surface area (Å²) in [6.07, 6.45) is 1.69. The molecule has 0 spiro atoms. The first-order chi connectivity index (χ1) is 10.3. The van der Waals surface area contributed by atoms with E-state index in [0.717, 1.165) is 26.8 Å². The minimum Gasteiger partial charge on any atom is -0.486 e. The van der Waals surface area contributed by atoms with Crippen molar-refractivity contribution in [2.45, 2.75) is 9.92 Å². The Hall–Kier alpha value is -2.48. The molecule has 1 aliphatic heterocycles. The van der Waals surface area contributed by atoms with Gasteiger partial charge in [0.2, 0.25) is 5.95 Å². The van der Waals surface area contributed by atoms with Gasteiger partial charge >= 0.3 is 0 Å². The standard InChI is InChI=1S/C13H11N5O2S/c14-13-16-11-8(6-15-18-11)12(17-13)21-7-1-2-9-10(5-7)20-4-3-19-9/h1-2,5-6H,3-4H2,(H3,14,15,16,17,18). The molecule has 0 fully saturated rings. The van der Waals surface area contributed by atoms with Gasteiger partial charge in [-0.2, -0.15) is 10.1 Å². The summed E-state index contributed by atoms with van der Waals surface area (Å²) in [4.78, 5) is 9.36. The molecule has 1 aromatic carbocycles. The lowest BCUT2D eigenvalue weighted by Gasteiger charge is -2.18. The highest BCUT2D eigenvalue weighted by Crippen LogP contribution is 2.37. The number of ether oxygens (including phenoxy) is 2. The fourth-order valence-corrected chi connectivity index (χ4v) is 3.03. The molecule has 0 atom stereocenters. The number of benzene rings is 1. The molecule has 0 aliphatic carbocycles. The molecule has 2 aromatic heterocycles. The normalized spacial score (nSPS) is 13.5. The number of rotatable bonds is 2. The van der Waals surface area contributed by atoms with Crippen LogP contribution in [0, 0.1) is 0 Å². The van der Waals surface area contributed by atoms with Crippen LogP contribution >= 0.6 is 11.8 Å². The van der Waals surface area contributed by atoms with Crippen LogP contribution in [0.3, 0.4) is 0 Å². The molecule has 1 aliphatic rings. The Kier molecular flexibility index (Phi) is 2.81. The van der Waals surface area contributed by atoms with Gasteiger partial charge < -0.3 is 15.2 Å². The maximum atomic E-state index is 5.72. The van der Waals surface area contributed by atoms with Gasteiger partial charge in [0.25, 0.3) is 0 Å². The molecule has 0 radical (unpaired) electrons. The summed E-state index contributed by atoms with van der Waals surface area (Å²) in [5.74, 6) is 1.73. The lowest BCUT2D eigenvalue weighted by Crippen LogP contribution is -2.15. The van der Waals surface area contributed by atoms with E-state index in [9.17, 15) is 0 Å². The maximum absolute atomic E-state index is 5.72. The van der Waals surface area contributed by atoms with Crippen molar-refractivity contribution in [2.24, 2.45) is 0 Å². The van der Waals surface area contributed by atoms with Crippen molar-refractivity contribution in [3.05, 3.63) is 24.4 Å². The third kappa shape index (κ3) is 2.23. The van der Waals surface area contributed by atoms with Gasteiger partial charge in [-0.25, -0.2) is 4.98 Å². The van der Waals surface area contributed by atoms with Crippen LogP contribution in [0.2, 0.25) is 0 Å². The predicted molar refractivity (Wildman–Crippen MR) is 77.7 cm³/mol. The molecule has 0 saturated carbocycles. The number of nitrogens with zero attached hydrogens (tertiary/aromatic N) is 3. The molecule has 106 valence electrons. The van der Waals surface area contributed by atoms with Crippen LogP contribution in [-0.4, -0.2) is 33.4 Å². The molecule has 4 rings (SSSR count). The SMILES string of the molecule is Nc1nc(Sc2ccc3c(c2)OCCO3)c2cn[nH]c2n1. The quantitative estimate of drug-likeness (QED) is 0.697. The average Bonchev–Trinajstić information content (AvgIpc) is 2.95. The molecule has 3 N–H and O–H groups in total. The number of nitrogens with two attached hydrogens (primary N) is 1. The van der Waals surface area contributed by atoms with Crippen molar-refractivity contribution < 1.29 is 9.47 Å². The van der Waals surface area contributed by atoms with Gasteiger partial charge in [0.1, 0.15) is 18.2 Å². The first-order valence-corrected chi connectivity index (χ1v) is 7.15. The smallest absolute Gasteiger partial charge is 0.223 e. The summed E-state index contributed by atoms with van der Waals surface area (Å²) in [5.41, 5.74) is 6.35. The number of nitrogen functional groups attached to an aromatic ring is 1. The number of fused-ring (bicyclic) bond motifs is 2. The van der Waals surface area contributed by atoms with E-state index in [2.05, 4.69) is 20.2 Å². The summed E-state index contributed by atoms with van der Waals surface area (Å²) >= 11 is 1.48.